The molecule has 2 spiro atoms. The van der Waals surface area contributed by atoms with Crippen LogP contribution >= 0.6 is 0 Å². The van der Waals surface area contributed by atoms with Crippen molar-refractivity contribution in [3.63, 3.8) is 0 Å². The fourth-order valence-electron chi connectivity index (χ4n) is 5.05. The summed E-state index contributed by atoms with van der Waals surface area (Å²) in [6, 6.07) is 5.72. The molecule has 1 aromatic carbocycles. The van der Waals surface area contributed by atoms with Crippen LogP contribution in [-0.4, -0.2) is 34.0 Å². The molecule has 2 aliphatic heterocycles. The van der Waals surface area contributed by atoms with Crippen LogP contribution in [0.4, 0.5) is 8.78 Å². The lowest BCUT2D eigenvalue weighted by Gasteiger charge is -2.49. The van der Waals surface area contributed by atoms with Crippen molar-refractivity contribution in [2.45, 2.75) is 50.7 Å². The first-order valence-electron chi connectivity index (χ1n) is 10.1. The van der Waals surface area contributed by atoms with E-state index in [2.05, 4.69) is 23.8 Å². The Morgan fingerprint density at radius 2 is 2.00 bits per heavy atom. The number of benzene rings is 1. The lowest BCUT2D eigenvalue weighted by molar-refractivity contribution is -0.0478. The predicted octanol–water partition coefficient (Wildman–Crippen LogP) is 3.33. The summed E-state index contributed by atoms with van der Waals surface area (Å²) in [4.78, 5) is 24.9. The van der Waals surface area contributed by atoms with Crippen LogP contribution in [-0.2, 0) is 16.7 Å². The maximum Gasteiger partial charge on any atom is 0.283 e. The summed E-state index contributed by atoms with van der Waals surface area (Å²) >= 11 is 0. The zero-order valence-corrected chi connectivity index (χ0v) is 17.2. The number of aromatic nitrogens is 2. The Hall–Kier alpha value is -3.10. The Labute approximate surface area is 177 Å². The molecule has 0 radical (unpaired) electrons. The number of amidine groups is 1. The summed E-state index contributed by atoms with van der Waals surface area (Å²) in [5, 5.41) is 0. The fraction of sp³-hybridized carbons (Fsp3) is 0.455. The van der Waals surface area contributed by atoms with Gasteiger partial charge in [-0.25, -0.2) is 18.8 Å². The quantitative estimate of drug-likeness (QED) is 0.750. The predicted molar refractivity (Wildman–Crippen MR) is 107 cm³/mol. The van der Waals surface area contributed by atoms with Crippen LogP contribution in [0.5, 0.6) is 5.75 Å². The van der Waals surface area contributed by atoms with Gasteiger partial charge >= 0.3 is 0 Å². The molecular formula is C22H22F2N4O3. The molecular weight excluding hydrogens is 406 g/mol. The summed E-state index contributed by atoms with van der Waals surface area (Å²) in [6.07, 6.45) is 1.21. The van der Waals surface area contributed by atoms with Crippen molar-refractivity contribution in [2.75, 3.05) is 6.61 Å². The average molecular weight is 428 g/mol. The van der Waals surface area contributed by atoms with Gasteiger partial charge in [-0.05, 0) is 44.4 Å². The maximum atomic E-state index is 12.7. The van der Waals surface area contributed by atoms with E-state index in [1.807, 2.05) is 18.2 Å². The first kappa shape index (κ1) is 19.8. The van der Waals surface area contributed by atoms with E-state index in [1.54, 1.807) is 0 Å². The molecule has 0 bridgehead atoms. The van der Waals surface area contributed by atoms with Crippen LogP contribution in [0.2, 0.25) is 0 Å². The first-order chi connectivity index (χ1) is 14.7. The molecule has 3 heterocycles. The molecule has 1 fully saturated rings. The van der Waals surface area contributed by atoms with Crippen LogP contribution in [0, 0.1) is 5.41 Å². The van der Waals surface area contributed by atoms with Gasteiger partial charge in [0.15, 0.2) is 5.78 Å². The van der Waals surface area contributed by atoms with Crippen LogP contribution in [0.1, 0.15) is 60.4 Å². The first-order valence-corrected chi connectivity index (χ1v) is 10.1. The number of ketones is 1. The summed E-state index contributed by atoms with van der Waals surface area (Å²) < 4.78 is 37.3. The van der Waals surface area contributed by atoms with E-state index < -0.39 is 23.3 Å². The summed E-state index contributed by atoms with van der Waals surface area (Å²) in [7, 11) is 0. The van der Waals surface area contributed by atoms with Gasteiger partial charge in [-0.2, -0.15) is 0 Å². The fourth-order valence-corrected chi connectivity index (χ4v) is 5.05. The number of hydrogen-bond acceptors (Lipinski definition) is 7. The molecule has 0 amide bonds. The van der Waals surface area contributed by atoms with Gasteiger partial charge in [0.2, 0.25) is 0 Å². The second-order valence-corrected chi connectivity index (χ2v) is 8.85. The number of hydrogen-bond donors (Lipinski definition) is 1. The number of Topliss-reactive ketones (excluding diaryl/α,β-unsaturated/α-hetero) is 1. The number of nitrogens with two attached hydrogens (primary N) is 1. The Morgan fingerprint density at radius 1 is 1.23 bits per heavy atom. The lowest BCUT2D eigenvalue weighted by Crippen LogP contribution is -2.55. The molecule has 1 aromatic heterocycles. The summed E-state index contributed by atoms with van der Waals surface area (Å²) in [5.74, 6) is 0.382. The molecule has 9 heteroatoms. The van der Waals surface area contributed by atoms with Gasteiger partial charge in [-0.15, -0.1) is 0 Å². The van der Waals surface area contributed by atoms with Gasteiger partial charge < -0.3 is 15.2 Å². The van der Waals surface area contributed by atoms with Crippen molar-refractivity contribution in [2.24, 2.45) is 16.1 Å². The number of rotatable bonds is 4. The number of nitrogens with zero attached hydrogens (tertiary/aromatic N) is 3. The second kappa shape index (κ2) is 6.45. The highest BCUT2D eigenvalue weighted by molar-refractivity contribution is 5.95. The molecule has 0 saturated heterocycles. The summed E-state index contributed by atoms with van der Waals surface area (Å²) in [6.45, 7) is 4.46. The van der Waals surface area contributed by atoms with E-state index in [9.17, 15) is 13.6 Å². The van der Waals surface area contributed by atoms with Gasteiger partial charge in [0.05, 0.1) is 12.4 Å². The number of halogens is 2. The molecule has 1 saturated carbocycles. The third kappa shape index (κ3) is 2.82. The molecule has 1 atom stereocenters. The SMILES string of the molecule is CC1(C)Oc2ccc(CC(=O)c3cnc(C(F)F)cn3)cc2[C@@]2(COC(N)=N2)C12CC2. The molecule has 1 aliphatic carbocycles. The van der Waals surface area contributed by atoms with E-state index in [0.29, 0.717) is 12.4 Å². The molecule has 0 unspecified atom stereocenters. The minimum Gasteiger partial charge on any atom is -0.487 e. The zero-order chi connectivity index (χ0) is 22.0. The van der Waals surface area contributed by atoms with Crippen molar-refractivity contribution in [3.05, 3.63) is 53.1 Å². The highest BCUT2D eigenvalue weighted by Crippen LogP contribution is 2.71. The topological polar surface area (TPSA) is 99.7 Å². The number of ether oxygens (including phenoxy) is 2. The van der Waals surface area contributed by atoms with Crippen LogP contribution in [0.25, 0.3) is 0 Å². The monoisotopic (exact) mass is 428 g/mol. The van der Waals surface area contributed by atoms with Crippen molar-refractivity contribution in [1.82, 2.24) is 9.97 Å². The summed E-state index contributed by atoms with van der Waals surface area (Å²) in [5.41, 5.74) is 5.77. The third-order valence-corrected chi connectivity index (χ3v) is 6.82. The molecule has 2 aromatic rings. The van der Waals surface area contributed by atoms with Crippen molar-refractivity contribution >= 4 is 11.8 Å². The Morgan fingerprint density at radius 3 is 2.58 bits per heavy atom. The molecule has 3 aliphatic rings. The highest BCUT2D eigenvalue weighted by Gasteiger charge is 2.73. The number of carbonyl (C=O) groups is 1. The van der Waals surface area contributed by atoms with E-state index in [4.69, 9.17) is 20.2 Å². The number of aliphatic imine (C=N–C) groups is 1. The second-order valence-electron chi connectivity index (χ2n) is 8.85. The van der Waals surface area contributed by atoms with Crippen LogP contribution in [0.3, 0.4) is 0 Å². The lowest BCUT2D eigenvalue weighted by atomic mass is 9.65. The van der Waals surface area contributed by atoms with Gasteiger partial charge in [0.1, 0.15) is 34.9 Å². The van der Waals surface area contributed by atoms with E-state index in [0.717, 1.165) is 36.4 Å². The molecule has 5 rings (SSSR count). The largest absolute Gasteiger partial charge is 0.487 e. The van der Waals surface area contributed by atoms with Crippen molar-refractivity contribution in [1.29, 1.82) is 0 Å². The van der Waals surface area contributed by atoms with Crippen LogP contribution < -0.4 is 10.5 Å². The minimum absolute atomic E-state index is 0.0411. The molecule has 7 nitrogen and oxygen atoms in total. The van der Waals surface area contributed by atoms with E-state index in [1.165, 1.54) is 0 Å². The standard InChI is InChI=1S/C22H22F2N4O3/c1-20(2)21(5-6-21)22(11-30-19(25)28-22)13-7-12(3-4-17(13)31-20)8-16(29)14-9-27-15(10-26-14)18(23)24/h3-4,7,9-10,18H,5-6,8,11H2,1-2H3,(H2,25,28)/t22-/m0/s1. The smallest absolute Gasteiger partial charge is 0.283 e. The van der Waals surface area contributed by atoms with Gasteiger partial charge in [-0.3, -0.25) is 9.78 Å². The zero-order valence-electron chi connectivity index (χ0n) is 17.2. The maximum absolute atomic E-state index is 12.7. The molecule has 31 heavy (non-hydrogen) atoms. The van der Waals surface area contributed by atoms with Crippen molar-refractivity contribution < 1.29 is 23.0 Å². The average Bonchev–Trinajstić information content (AvgIpc) is 3.46. The number of carbonyl (C=O) groups excluding carboxylic acids is 1. The number of fused-ring (bicyclic) bond motifs is 3. The highest BCUT2D eigenvalue weighted by atomic mass is 19.3. The van der Waals surface area contributed by atoms with Gasteiger partial charge in [0, 0.05) is 17.4 Å². The van der Waals surface area contributed by atoms with Crippen LogP contribution in [0.15, 0.2) is 35.6 Å². The van der Waals surface area contributed by atoms with E-state index >= 15 is 0 Å². The number of alkyl halides is 2. The molecule has 2 N–H and O–H groups in total. The third-order valence-electron chi connectivity index (χ3n) is 6.82. The molecule has 162 valence electrons. The normalized spacial score (nSPS) is 24.5. The Kier molecular flexibility index (Phi) is 4.13. The Balaban J connectivity index is 1.49. The van der Waals surface area contributed by atoms with Crippen molar-refractivity contribution in [3.8, 4) is 5.75 Å². The van der Waals surface area contributed by atoms with E-state index in [-0.39, 0.29) is 29.3 Å². The van der Waals surface area contributed by atoms with Gasteiger partial charge in [0.25, 0.3) is 12.4 Å². The minimum atomic E-state index is -2.73. The van der Waals surface area contributed by atoms with Gasteiger partial charge in [-0.1, -0.05) is 6.07 Å². The Bertz CT molecular complexity index is 1100.